The summed E-state index contributed by atoms with van der Waals surface area (Å²) >= 11 is 0. The fourth-order valence-corrected chi connectivity index (χ4v) is 3.37. The molecule has 0 saturated carbocycles. The Morgan fingerprint density at radius 2 is 1.94 bits per heavy atom. The summed E-state index contributed by atoms with van der Waals surface area (Å²) in [7, 11) is 3.09. The number of rotatable bonds is 4. The van der Waals surface area contributed by atoms with Crippen molar-refractivity contribution in [1.29, 1.82) is 0 Å². The topological polar surface area (TPSA) is 104 Å². The predicted molar refractivity (Wildman–Crippen MR) is 117 cm³/mol. The van der Waals surface area contributed by atoms with Gasteiger partial charge in [-0.3, -0.25) is 14.0 Å². The molecule has 4 rings (SSSR count). The van der Waals surface area contributed by atoms with Crippen LogP contribution in [0.15, 0.2) is 64.5 Å². The van der Waals surface area contributed by atoms with Crippen molar-refractivity contribution in [2.75, 3.05) is 13.7 Å². The van der Waals surface area contributed by atoms with Gasteiger partial charge in [0.1, 0.15) is 22.6 Å². The largest absolute Gasteiger partial charge is 0.497 e. The highest BCUT2D eigenvalue weighted by Crippen LogP contribution is 2.14. The van der Waals surface area contributed by atoms with Gasteiger partial charge >= 0.3 is 5.97 Å². The van der Waals surface area contributed by atoms with E-state index in [0.29, 0.717) is 11.4 Å². The van der Waals surface area contributed by atoms with Crippen LogP contribution < -0.4 is 15.8 Å². The first-order valence-corrected chi connectivity index (χ1v) is 9.86. The Morgan fingerprint density at radius 3 is 2.69 bits per heavy atom. The first kappa shape index (κ1) is 21.0. The summed E-state index contributed by atoms with van der Waals surface area (Å²) in [5, 5.41) is 0.201. The molecule has 0 aliphatic carbocycles. The van der Waals surface area contributed by atoms with Crippen LogP contribution in [0.3, 0.4) is 0 Å². The number of fused-ring (bicyclic) bond motifs is 2. The molecule has 1 aromatic carbocycles. The zero-order chi connectivity index (χ0) is 22.8. The zero-order valence-corrected chi connectivity index (χ0v) is 17.7. The van der Waals surface area contributed by atoms with Crippen molar-refractivity contribution in [2.45, 2.75) is 6.92 Å². The minimum atomic E-state index is -0.695. The molecule has 0 unspecified atom stereocenters. The van der Waals surface area contributed by atoms with E-state index in [9.17, 15) is 14.4 Å². The van der Waals surface area contributed by atoms with Crippen LogP contribution in [0.4, 0.5) is 0 Å². The molecule has 9 nitrogen and oxygen atoms in total. The third kappa shape index (κ3) is 3.64. The molecule has 32 heavy (non-hydrogen) atoms. The summed E-state index contributed by atoms with van der Waals surface area (Å²) in [6.07, 6.45) is 1.60. The third-order valence-electron chi connectivity index (χ3n) is 4.93. The molecule has 0 N–H and O–H groups in total. The second kappa shape index (κ2) is 8.46. The molecule has 1 amide bonds. The number of aryl methyl sites for hydroxylation is 1. The van der Waals surface area contributed by atoms with Crippen LogP contribution in [0.2, 0.25) is 0 Å². The third-order valence-corrected chi connectivity index (χ3v) is 4.93. The average Bonchev–Trinajstić information content (AvgIpc) is 2.81. The molecule has 0 aliphatic rings. The van der Waals surface area contributed by atoms with E-state index in [4.69, 9.17) is 9.47 Å². The van der Waals surface area contributed by atoms with Gasteiger partial charge in [-0.1, -0.05) is 12.1 Å². The Balaban J connectivity index is 2.04. The van der Waals surface area contributed by atoms with Gasteiger partial charge in [0, 0.05) is 18.8 Å². The molecule has 0 saturated heterocycles. The van der Waals surface area contributed by atoms with E-state index < -0.39 is 11.9 Å². The van der Waals surface area contributed by atoms with E-state index in [-0.39, 0.29) is 39.8 Å². The van der Waals surface area contributed by atoms with E-state index >= 15 is 0 Å². The fourth-order valence-electron chi connectivity index (χ4n) is 3.37. The Kier molecular flexibility index (Phi) is 5.55. The van der Waals surface area contributed by atoms with Crippen molar-refractivity contribution in [2.24, 2.45) is 12.0 Å². The van der Waals surface area contributed by atoms with Gasteiger partial charge < -0.3 is 14.0 Å². The van der Waals surface area contributed by atoms with Gasteiger partial charge in [0.25, 0.3) is 11.5 Å². The maximum Gasteiger partial charge on any atom is 0.341 e. The minimum Gasteiger partial charge on any atom is -0.497 e. The standard InChI is InChI=1S/C23H20N4O5/c1-4-32-23(30)17-13-16-19(24-18-10-5-6-11-27(18)22(16)29)26(2)20(17)25-21(28)14-8-7-9-15(12-14)31-3/h5-13H,4H2,1-3H3. The number of hydrogen-bond acceptors (Lipinski definition) is 6. The van der Waals surface area contributed by atoms with Gasteiger partial charge in [0.15, 0.2) is 5.49 Å². The predicted octanol–water partition coefficient (Wildman–Crippen LogP) is 2.11. The second-order valence-electron chi connectivity index (χ2n) is 6.89. The summed E-state index contributed by atoms with van der Waals surface area (Å²) in [5.41, 5.74) is 0.674. The highest BCUT2D eigenvalue weighted by atomic mass is 16.5. The minimum absolute atomic E-state index is 0.00660. The van der Waals surface area contributed by atoms with Crippen molar-refractivity contribution in [3.05, 3.63) is 81.7 Å². The average molecular weight is 432 g/mol. The summed E-state index contributed by atoms with van der Waals surface area (Å²) in [6.45, 7) is 1.79. The van der Waals surface area contributed by atoms with Gasteiger partial charge in [-0.25, -0.2) is 9.78 Å². The molecule has 0 radical (unpaired) electrons. The molecule has 0 aliphatic heterocycles. The molecule has 0 spiro atoms. The Morgan fingerprint density at radius 1 is 1.12 bits per heavy atom. The normalized spacial score (nSPS) is 11.7. The number of amides is 1. The lowest BCUT2D eigenvalue weighted by Gasteiger charge is -2.11. The Bertz CT molecular complexity index is 1500. The molecule has 3 aromatic heterocycles. The van der Waals surface area contributed by atoms with E-state index in [2.05, 4.69) is 9.98 Å². The highest BCUT2D eigenvalue weighted by molar-refractivity contribution is 5.97. The lowest BCUT2D eigenvalue weighted by Crippen LogP contribution is -2.31. The molecule has 0 atom stereocenters. The number of hydrogen-bond donors (Lipinski definition) is 0. The van der Waals surface area contributed by atoms with Crippen LogP contribution in [-0.4, -0.2) is 39.5 Å². The Hall–Kier alpha value is -4.27. The van der Waals surface area contributed by atoms with E-state index in [1.807, 2.05) is 0 Å². The van der Waals surface area contributed by atoms with Crippen molar-refractivity contribution in [1.82, 2.24) is 14.0 Å². The second-order valence-corrected chi connectivity index (χ2v) is 6.89. The van der Waals surface area contributed by atoms with E-state index in [0.717, 1.165) is 0 Å². The first-order chi connectivity index (χ1) is 15.4. The summed E-state index contributed by atoms with van der Waals surface area (Å²) in [5.74, 6) is -0.776. The summed E-state index contributed by atoms with van der Waals surface area (Å²) in [6, 6.07) is 13.1. The van der Waals surface area contributed by atoms with Gasteiger partial charge in [-0.2, -0.15) is 4.99 Å². The van der Waals surface area contributed by atoms with Gasteiger partial charge in [0.2, 0.25) is 0 Å². The molecule has 9 heteroatoms. The van der Waals surface area contributed by atoms with Crippen LogP contribution in [-0.2, 0) is 11.8 Å². The Labute approximate surface area is 182 Å². The van der Waals surface area contributed by atoms with Crippen molar-refractivity contribution >= 4 is 28.6 Å². The smallest absolute Gasteiger partial charge is 0.341 e. The number of carbonyl (C=O) groups excluding carboxylic acids is 2. The monoisotopic (exact) mass is 432 g/mol. The summed E-state index contributed by atoms with van der Waals surface area (Å²) < 4.78 is 13.2. The number of nitrogens with zero attached hydrogens (tertiary/aromatic N) is 4. The van der Waals surface area contributed by atoms with Crippen LogP contribution in [0.25, 0.3) is 16.7 Å². The molecule has 0 bridgehead atoms. The summed E-state index contributed by atoms with van der Waals surface area (Å²) in [4.78, 5) is 47.4. The number of benzene rings is 1. The lowest BCUT2D eigenvalue weighted by atomic mass is 10.2. The number of methoxy groups -OCH3 is 1. The maximum absolute atomic E-state index is 13.0. The SMILES string of the molecule is CCOC(=O)c1cc2c(=O)n3ccccc3nc2n(C)c1=NC(=O)c1cccc(OC)c1. The molecule has 0 fully saturated rings. The van der Waals surface area contributed by atoms with Crippen molar-refractivity contribution in [3.8, 4) is 5.75 Å². The van der Waals surface area contributed by atoms with Crippen LogP contribution in [0, 0.1) is 0 Å². The van der Waals surface area contributed by atoms with Gasteiger partial charge in [0.05, 0.1) is 19.1 Å². The van der Waals surface area contributed by atoms with Crippen molar-refractivity contribution in [3.63, 3.8) is 0 Å². The number of ether oxygens (including phenoxy) is 2. The quantitative estimate of drug-likeness (QED) is 0.361. The zero-order valence-electron chi connectivity index (χ0n) is 17.7. The molecule has 4 aromatic rings. The number of aromatic nitrogens is 3. The number of pyridine rings is 2. The maximum atomic E-state index is 13.0. The fraction of sp³-hybridized carbons (Fsp3) is 0.174. The first-order valence-electron chi connectivity index (χ1n) is 9.86. The van der Waals surface area contributed by atoms with E-state index in [1.165, 1.54) is 22.1 Å². The lowest BCUT2D eigenvalue weighted by molar-refractivity contribution is 0.0523. The van der Waals surface area contributed by atoms with Gasteiger partial charge in [-0.15, -0.1) is 0 Å². The van der Waals surface area contributed by atoms with Crippen LogP contribution in [0.1, 0.15) is 27.6 Å². The van der Waals surface area contributed by atoms with Crippen LogP contribution >= 0.6 is 0 Å². The van der Waals surface area contributed by atoms with E-state index in [1.54, 1.807) is 62.6 Å². The molecule has 3 heterocycles. The number of esters is 1. The molecular weight excluding hydrogens is 412 g/mol. The molecule has 162 valence electrons. The van der Waals surface area contributed by atoms with Crippen molar-refractivity contribution < 1.29 is 19.1 Å². The number of carbonyl (C=O) groups is 2. The van der Waals surface area contributed by atoms with Gasteiger partial charge in [-0.05, 0) is 43.3 Å². The van der Waals surface area contributed by atoms with Crippen LogP contribution in [0.5, 0.6) is 5.75 Å². The molecular formula is C23H20N4O5. The highest BCUT2D eigenvalue weighted by Gasteiger charge is 2.19.